The third kappa shape index (κ3) is 7.48. The minimum absolute atomic E-state index is 0.307. The second kappa shape index (κ2) is 13.8. The van der Waals surface area contributed by atoms with Gasteiger partial charge in [0.1, 0.15) is 23.8 Å². The number of unbranched alkanes of at least 4 members (excludes halogenated alkanes) is 1. The van der Waals surface area contributed by atoms with E-state index >= 15 is 0 Å². The lowest BCUT2D eigenvalue weighted by atomic mass is 10.1. The first kappa shape index (κ1) is 27.4. The van der Waals surface area contributed by atoms with Gasteiger partial charge in [-0.25, -0.2) is 10.1 Å². The van der Waals surface area contributed by atoms with Gasteiger partial charge in [-0.3, -0.25) is 4.79 Å². The fourth-order valence-corrected chi connectivity index (χ4v) is 4.13. The minimum atomic E-state index is -0.307. The largest absolute Gasteiger partial charge is 0.494 e. The summed E-state index contributed by atoms with van der Waals surface area (Å²) in [4.78, 5) is 12.7. The lowest BCUT2D eigenvalue weighted by Crippen LogP contribution is -2.17. The van der Waals surface area contributed by atoms with Crippen LogP contribution in [-0.4, -0.2) is 28.5 Å². The van der Waals surface area contributed by atoms with Gasteiger partial charge in [-0.2, -0.15) is 10.2 Å². The van der Waals surface area contributed by atoms with Crippen LogP contribution in [0.5, 0.6) is 11.5 Å². The average Bonchev–Trinajstić information content (AvgIpc) is 3.46. The number of aromatic nitrogens is 2. The number of benzene rings is 4. The van der Waals surface area contributed by atoms with Gasteiger partial charge in [0.05, 0.1) is 18.5 Å². The molecule has 0 fully saturated rings. The lowest BCUT2D eigenvalue weighted by molar-refractivity contribution is 0.0955. The van der Waals surface area contributed by atoms with Crippen molar-refractivity contribution >= 4 is 12.1 Å². The van der Waals surface area contributed by atoms with Gasteiger partial charge in [0.15, 0.2) is 0 Å². The third-order valence-electron chi connectivity index (χ3n) is 6.39. The van der Waals surface area contributed by atoms with E-state index in [4.69, 9.17) is 14.6 Å². The van der Waals surface area contributed by atoms with E-state index < -0.39 is 0 Å². The van der Waals surface area contributed by atoms with Crippen molar-refractivity contribution in [1.29, 1.82) is 0 Å². The summed E-state index contributed by atoms with van der Waals surface area (Å²) in [7, 11) is 0. The maximum atomic E-state index is 12.7. The van der Waals surface area contributed by atoms with E-state index in [0.29, 0.717) is 18.8 Å². The Kier molecular flexibility index (Phi) is 9.19. The summed E-state index contributed by atoms with van der Waals surface area (Å²) in [5.41, 5.74) is 7.53. The van der Waals surface area contributed by atoms with Crippen LogP contribution in [0, 0.1) is 0 Å². The molecule has 1 aromatic heterocycles. The second-order valence-corrected chi connectivity index (χ2v) is 9.44. The van der Waals surface area contributed by atoms with Crippen LogP contribution in [0.3, 0.4) is 0 Å². The molecule has 41 heavy (non-hydrogen) atoms. The van der Waals surface area contributed by atoms with Crippen LogP contribution in [0.2, 0.25) is 0 Å². The van der Waals surface area contributed by atoms with E-state index in [-0.39, 0.29) is 5.91 Å². The van der Waals surface area contributed by atoms with E-state index in [1.165, 1.54) is 0 Å². The topological polar surface area (TPSA) is 77.7 Å². The Labute approximate surface area is 240 Å². The minimum Gasteiger partial charge on any atom is -0.494 e. The average molecular weight is 545 g/mol. The van der Waals surface area contributed by atoms with Crippen LogP contribution < -0.4 is 14.9 Å². The number of para-hydroxylation sites is 1. The summed E-state index contributed by atoms with van der Waals surface area (Å²) in [5, 5.41) is 9.07. The molecule has 0 aliphatic heterocycles. The molecule has 5 rings (SSSR count). The fraction of sp³-hybridized carbons (Fsp3) is 0.147. The number of ether oxygens (including phenoxy) is 2. The molecule has 0 atom stereocenters. The van der Waals surface area contributed by atoms with Gasteiger partial charge in [-0.1, -0.05) is 61.9 Å². The molecular weight excluding hydrogens is 512 g/mol. The molecule has 0 spiro atoms. The Hall–Kier alpha value is -5.17. The van der Waals surface area contributed by atoms with Crippen LogP contribution in [-0.2, 0) is 6.61 Å². The molecule has 4 aromatic carbocycles. The van der Waals surface area contributed by atoms with E-state index in [1.807, 2.05) is 91.1 Å². The summed E-state index contributed by atoms with van der Waals surface area (Å²) in [5.74, 6) is 1.20. The fourth-order valence-electron chi connectivity index (χ4n) is 4.13. The van der Waals surface area contributed by atoms with Crippen molar-refractivity contribution in [2.75, 3.05) is 6.61 Å². The number of nitrogens with zero attached hydrogens (tertiary/aromatic N) is 3. The maximum absolute atomic E-state index is 12.7. The monoisotopic (exact) mass is 544 g/mol. The van der Waals surface area contributed by atoms with Crippen molar-refractivity contribution in [1.82, 2.24) is 15.2 Å². The van der Waals surface area contributed by atoms with Gasteiger partial charge in [0.2, 0.25) is 0 Å². The lowest BCUT2D eigenvalue weighted by Gasteiger charge is -2.07. The van der Waals surface area contributed by atoms with Crippen molar-refractivity contribution in [3.05, 3.63) is 132 Å². The van der Waals surface area contributed by atoms with Crippen molar-refractivity contribution < 1.29 is 14.3 Å². The Morgan fingerprint density at radius 1 is 0.854 bits per heavy atom. The zero-order valence-corrected chi connectivity index (χ0v) is 22.9. The van der Waals surface area contributed by atoms with Gasteiger partial charge >= 0.3 is 0 Å². The smallest absolute Gasteiger partial charge is 0.271 e. The number of hydrogen-bond donors (Lipinski definition) is 1. The van der Waals surface area contributed by atoms with E-state index in [2.05, 4.69) is 17.5 Å². The summed E-state index contributed by atoms with van der Waals surface area (Å²) < 4.78 is 13.4. The standard InChI is InChI=1S/C34H32N4O3/c1-2-3-22-40-31-20-16-28(17-21-31)34(39)36-35-23-29-24-38(30-12-8-5-9-13-30)37-33(29)27-14-18-32(19-15-27)41-25-26-10-6-4-7-11-26/h4-21,23-24H,2-3,22,25H2,1H3,(H,36,39). The van der Waals surface area contributed by atoms with Crippen molar-refractivity contribution in [2.45, 2.75) is 26.4 Å². The van der Waals surface area contributed by atoms with Crippen molar-refractivity contribution in [3.63, 3.8) is 0 Å². The number of nitrogens with one attached hydrogen (secondary N) is 1. The number of carbonyl (C=O) groups is 1. The molecule has 0 saturated heterocycles. The predicted octanol–water partition coefficient (Wildman–Crippen LogP) is 7.06. The van der Waals surface area contributed by atoms with Crippen LogP contribution in [0.25, 0.3) is 16.9 Å². The first-order valence-corrected chi connectivity index (χ1v) is 13.7. The SMILES string of the molecule is CCCCOc1ccc(C(=O)NN=Cc2cn(-c3ccccc3)nc2-c2ccc(OCc3ccccc3)cc2)cc1. The van der Waals surface area contributed by atoms with Crippen LogP contribution >= 0.6 is 0 Å². The number of hydrogen-bond acceptors (Lipinski definition) is 5. The quantitative estimate of drug-likeness (QED) is 0.104. The Balaban J connectivity index is 1.30. The highest BCUT2D eigenvalue weighted by atomic mass is 16.5. The Morgan fingerprint density at radius 3 is 2.22 bits per heavy atom. The number of carbonyl (C=O) groups excluding carboxylic acids is 1. The number of hydrazone groups is 1. The van der Waals surface area contributed by atoms with Crippen molar-refractivity contribution in [3.8, 4) is 28.4 Å². The van der Waals surface area contributed by atoms with Gasteiger partial charge in [-0.15, -0.1) is 0 Å². The molecule has 1 N–H and O–H groups in total. The maximum Gasteiger partial charge on any atom is 0.271 e. The van der Waals surface area contributed by atoms with Gasteiger partial charge in [-0.05, 0) is 72.6 Å². The Morgan fingerprint density at radius 2 is 1.51 bits per heavy atom. The molecule has 0 bridgehead atoms. The highest BCUT2D eigenvalue weighted by Gasteiger charge is 2.12. The molecule has 0 saturated carbocycles. The van der Waals surface area contributed by atoms with Crippen molar-refractivity contribution in [2.24, 2.45) is 5.10 Å². The number of amides is 1. The predicted molar refractivity (Wildman–Crippen MR) is 162 cm³/mol. The summed E-state index contributed by atoms with van der Waals surface area (Å²) in [6.45, 7) is 3.27. The van der Waals surface area contributed by atoms with Crippen LogP contribution in [0.15, 0.2) is 120 Å². The molecule has 0 aliphatic carbocycles. The molecule has 7 nitrogen and oxygen atoms in total. The second-order valence-electron chi connectivity index (χ2n) is 9.44. The third-order valence-corrected chi connectivity index (χ3v) is 6.39. The van der Waals surface area contributed by atoms with E-state index in [0.717, 1.165) is 52.4 Å². The summed E-state index contributed by atoms with van der Waals surface area (Å²) in [6.07, 6.45) is 5.56. The molecule has 0 unspecified atom stereocenters. The molecule has 5 aromatic rings. The van der Waals surface area contributed by atoms with Crippen LogP contribution in [0.1, 0.15) is 41.3 Å². The molecule has 7 heteroatoms. The first-order valence-electron chi connectivity index (χ1n) is 13.7. The van der Waals surface area contributed by atoms with E-state index in [9.17, 15) is 4.79 Å². The van der Waals surface area contributed by atoms with Crippen LogP contribution in [0.4, 0.5) is 0 Å². The van der Waals surface area contributed by atoms with Gasteiger partial charge < -0.3 is 9.47 Å². The molecule has 0 aliphatic rings. The zero-order valence-electron chi connectivity index (χ0n) is 22.9. The molecule has 0 radical (unpaired) electrons. The summed E-state index contributed by atoms with van der Waals surface area (Å²) >= 11 is 0. The molecular formula is C34H32N4O3. The first-order chi connectivity index (χ1) is 20.2. The van der Waals surface area contributed by atoms with E-state index in [1.54, 1.807) is 35.2 Å². The zero-order chi connectivity index (χ0) is 28.3. The molecule has 206 valence electrons. The normalized spacial score (nSPS) is 11.0. The summed E-state index contributed by atoms with van der Waals surface area (Å²) in [6, 6.07) is 34.7. The molecule has 1 heterocycles. The molecule has 1 amide bonds. The highest BCUT2D eigenvalue weighted by Crippen LogP contribution is 2.25. The van der Waals surface area contributed by atoms with Gasteiger partial charge in [0.25, 0.3) is 5.91 Å². The highest BCUT2D eigenvalue weighted by molar-refractivity contribution is 5.95. The number of rotatable bonds is 12. The van der Waals surface area contributed by atoms with Gasteiger partial charge in [0, 0.05) is 22.9 Å². The Bertz CT molecular complexity index is 1560.